The largest absolute Gasteiger partial charge is 0.371 e. The minimum absolute atomic E-state index is 0.403. The molecular formula is C16H22N2O. The van der Waals surface area contributed by atoms with Gasteiger partial charge in [-0.25, -0.2) is 0 Å². The van der Waals surface area contributed by atoms with Crippen molar-refractivity contribution >= 4 is 17.7 Å². The van der Waals surface area contributed by atoms with Crippen LogP contribution in [-0.2, 0) is 11.2 Å². The summed E-state index contributed by atoms with van der Waals surface area (Å²) in [5.41, 5.74) is 10.2. The molecule has 1 aliphatic heterocycles. The maximum Gasteiger partial charge on any atom is 0.241 e. The molecule has 3 nitrogen and oxygen atoms in total. The van der Waals surface area contributed by atoms with Crippen LogP contribution >= 0.6 is 0 Å². The number of nitrogens with two attached hydrogens (primary N) is 1. The van der Waals surface area contributed by atoms with E-state index in [1.54, 1.807) is 6.08 Å². The number of benzene rings is 1. The Morgan fingerprint density at radius 2 is 2.05 bits per heavy atom. The first-order chi connectivity index (χ1) is 9.11. The number of primary amides is 1. The van der Waals surface area contributed by atoms with Gasteiger partial charge in [0.2, 0.25) is 5.91 Å². The Balaban J connectivity index is 2.37. The Kier molecular flexibility index (Phi) is 4.25. The van der Waals surface area contributed by atoms with Crippen LogP contribution in [-0.4, -0.2) is 19.0 Å². The molecule has 1 fully saturated rings. The van der Waals surface area contributed by atoms with E-state index in [2.05, 4.69) is 30.9 Å². The van der Waals surface area contributed by atoms with Crippen molar-refractivity contribution in [3.05, 3.63) is 34.9 Å². The van der Waals surface area contributed by atoms with Gasteiger partial charge >= 0.3 is 0 Å². The van der Waals surface area contributed by atoms with E-state index in [1.807, 2.05) is 0 Å². The summed E-state index contributed by atoms with van der Waals surface area (Å²) >= 11 is 0. The molecule has 1 aromatic carbocycles. The molecule has 19 heavy (non-hydrogen) atoms. The van der Waals surface area contributed by atoms with Crippen LogP contribution in [0, 0.1) is 6.92 Å². The predicted octanol–water partition coefficient (Wildman–Crippen LogP) is 2.66. The van der Waals surface area contributed by atoms with Gasteiger partial charge in [-0.3, -0.25) is 4.79 Å². The number of carbonyl (C=O) groups excluding carboxylic acids is 1. The summed E-state index contributed by atoms with van der Waals surface area (Å²) in [7, 11) is 0. The summed E-state index contributed by atoms with van der Waals surface area (Å²) in [5, 5.41) is 0. The van der Waals surface area contributed by atoms with Crippen LogP contribution < -0.4 is 10.6 Å². The average Bonchev–Trinajstić information content (AvgIpc) is 2.89. The van der Waals surface area contributed by atoms with Crippen molar-refractivity contribution in [2.45, 2.75) is 33.1 Å². The summed E-state index contributed by atoms with van der Waals surface area (Å²) < 4.78 is 0. The maximum absolute atomic E-state index is 10.8. The zero-order valence-corrected chi connectivity index (χ0v) is 11.8. The third-order valence-electron chi connectivity index (χ3n) is 3.64. The molecule has 1 amide bonds. The predicted molar refractivity (Wildman–Crippen MR) is 80.2 cm³/mol. The lowest BCUT2D eigenvalue weighted by molar-refractivity contribution is -0.113. The summed E-state index contributed by atoms with van der Waals surface area (Å²) in [6, 6.07) is 4.30. The molecule has 0 spiro atoms. The summed E-state index contributed by atoms with van der Waals surface area (Å²) in [6.07, 6.45) is 6.79. The zero-order chi connectivity index (χ0) is 13.8. The third-order valence-corrected chi connectivity index (χ3v) is 3.64. The topological polar surface area (TPSA) is 46.3 Å². The van der Waals surface area contributed by atoms with E-state index in [4.69, 9.17) is 5.73 Å². The number of aryl methyl sites for hydroxylation is 2. The molecule has 1 aromatic rings. The molecule has 0 saturated carbocycles. The molecule has 0 bridgehead atoms. The fourth-order valence-corrected chi connectivity index (χ4v) is 2.82. The van der Waals surface area contributed by atoms with Gasteiger partial charge in [-0.1, -0.05) is 6.92 Å². The average molecular weight is 258 g/mol. The van der Waals surface area contributed by atoms with Gasteiger partial charge < -0.3 is 10.6 Å². The lowest BCUT2D eigenvalue weighted by Gasteiger charge is -2.24. The molecule has 0 unspecified atom stereocenters. The Hall–Kier alpha value is -1.77. The van der Waals surface area contributed by atoms with Crippen LogP contribution in [0.15, 0.2) is 18.2 Å². The van der Waals surface area contributed by atoms with Crippen molar-refractivity contribution in [1.82, 2.24) is 0 Å². The van der Waals surface area contributed by atoms with E-state index >= 15 is 0 Å². The lowest BCUT2D eigenvalue weighted by atomic mass is 10.00. The highest BCUT2D eigenvalue weighted by molar-refractivity contribution is 5.90. The third kappa shape index (κ3) is 3.16. The van der Waals surface area contributed by atoms with Crippen LogP contribution in [0.2, 0.25) is 0 Å². The van der Waals surface area contributed by atoms with E-state index in [0.29, 0.717) is 0 Å². The van der Waals surface area contributed by atoms with Crippen LogP contribution in [0.1, 0.15) is 36.5 Å². The van der Waals surface area contributed by atoms with Crippen molar-refractivity contribution in [3.8, 4) is 0 Å². The normalized spacial score (nSPS) is 15.4. The van der Waals surface area contributed by atoms with Crippen molar-refractivity contribution in [3.63, 3.8) is 0 Å². The maximum atomic E-state index is 10.8. The van der Waals surface area contributed by atoms with Gasteiger partial charge in [0.05, 0.1) is 0 Å². The second kappa shape index (κ2) is 5.91. The molecular weight excluding hydrogens is 236 g/mol. The van der Waals surface area contributed by atoms with Crippen LogP contribution in [0.3, 0.4) is 0 Å². The van der Waals surface area contributed by atoms with Gasteiger partial charge in [-0.15, -0.1) is 0 Å². The number of rotatable bonds is 4. The highest BCUT2D eigenvalue weighted by Gasteiger charge is 2.17. The van der Waals surface area contributed by atoms with Crippen LogP contribution in [0.25, 0.3) is 6.08 Å². The van der Waals surface area contributed by atoms with Gasteiger partial charge in [0.15, 0.2) is 0 Å². The highest BCUT2D eigenvalue weighted by Crippen LogP contribution is 2.30. The van der Waals surface area contributed by atoms with Gasteiger partial charge in [-0.05, 0) is 61.1 Å². The highest BCUT2D eigenvalue weighted by atomic mass is 16.1. The minimum Gasteiger partial charge on any atom is -0.371 e. The van der Waals surface area contributed by atoms with E-state index in [1.165, 1.54) is 35.7 Å². The lowest BCUT2D eigenvalue weighted by Crippen LogP contribution is -2.20. The molecule has 0 aliphatic carbocycles. The van der Waals surface area contributed by atoms with E-state index in [0.717, 1.165) is 25.1 Å². The zero-order valence-electron chi connectivity index (χ0n) is 11.8. The van der Waals surface area contributed by atoms with Crippen LogP contribution in [0.5, 0.6) is 0 Å². The molecule has 2 N–H and O–H groups in total. The molecule has 0 radical (unpaired) electrons. The molecule has 1 aliphatic rings. The second-order valence-corrected chi connectivity index (χ2v) is 5.13. The fraction of sp³-hybridized carbons (Fsp3) is 0.438. The number of hydrogen-bond acceptors (Lipinski definition) is 2. The monoisotopic (exact) mass is 258 g/mol. The molecule has 1 saturated heterocycles. The fourth-order valence-electron chi connectivity index (χ4n) is 2.82. The smallest absolute Gasteiger partial charge is 0.241 e. The Labute approximate surface area is 115 Å². The number of hydrogen-bond donors (Lipinski definition) is 1. The van der Waals surface area contributed by atoms with Crippen molar-refractivity contribution in [2.75, 3.05) is 18.0 Å². The van der Waals surface area contributed by atoms with E-state index in [-0.39, 0.29) is 0 Å². The first-order valence-electron chi connectivity index (χ1n) is 6.97. The molecule has 102 valence electrons. The number of nitrogens with zero attached hydrogens (tertiary/aromatic N) is 1. The first kappa shape index (κ1) is 13.7. The van der Waals surface area contributed by atoms with Crippen LogP contribution in [0.4, 0.5) is 5.69 Å². The van der Waals surface area contributed by atoms with E-state index in [9.17, 15) is 4.79 Å². The molecule has 2 rings (SSSR count). The number of carbonyl (C=O) groups is 1. The van der Waals surface area contributed by atoms with Crippen molar-refractivity contribution < 1.29 is 4.79 Å². The molecule has 0 aromatic heterocycles. The first-order valence-corrected chi connectivity index (χ1v) is 6.97. The summed E-state index contributed by atoms with van der Waals surface area (Å²) in [6.45, 7) is 6.64. The van der Waals surface area contributed by atoms with Gasteiger partial charge in [-0.2, -0.15) is 0 Å². The SMILES string of the molecule is CCc1cc(/C=C\C(N)=O)cc(C)c1N1CCCC1. The Bertz CT molecular complexity index is 500. The number of anilines is 1. The van der Waals surface area contributed by atoms with Crippen molar-refractivity contribution in [2.24, 2.45) is 5.73 Å². The van der Waals surface area contributed by atoms with Gasteiger partial charge in [0, 0.05) is 24.9 Å². The Morgan fingerprint density at radius 1 is 1.37 bits per heavy atom. The summed E-state index contributed by atoms with van der Waals surface area (Å²) in [5.74, 6) is -0.403. The summed E-state index contributed by atoms with van der Waals surface area (Å²) in [4.78, 5) is 13.3. The van der Waals surface area contributed by atoms with Crippen molar-refractivity contribution in [1.29, 1.82) is 0 Å². The number of amides is 1. The Morgan fingerprint density at radius 3 is 2.63 bits per heavy atom. The molecule has 3 heteroatoms. The van der Waals surface area contributed by atoms with Gasteiger partial charge in [0.1, 0.15) is 0 Å². The van der Waals surface area contributed by atoms with E-state index < -0.39 is 5.91 Å². The quantitative estimate of drug-likeness (QED) is 0.844. The molecule has 1 heterocycles. The second-order valence-electron chi connectivity index (χ2n) is 5.13. The molecule has 0 atom stereocenters. The standard InChI is InChI=1S/C16H22N2O/c1-3-14-11-13(6-7-15(17)19)10-12(2)16(14)18-8-4-5-9-18/h6-7,10-11H,3-5,8-9H2,1-2H3,(H2,17,19)/b7-6-. The van der Waals surface area contributed by atoms with Gasteiger partial charge in [0.25, 0.3) is 0 Å². The minimum atomic E-state index is -0.403.